The van der Waals surface area contributed by atoms with Crippen LogP contribution in [0.2, 0.25) is 5.15 Å². The van der Waals surface area contributed by atoms with Crippen molar-refractivity contribution in [3.05, 3.63) is 16.4 Å². The summed E-state index contributed by atoms with van der Waals surface area (Å²) in [5.41, 5.74) is 0.990. The Hall–Kier alpha value is -1.19. The van der Waals surface area contributed by atoms with Gasteiger partial charge in [0.1, 0.15) is 11.3 Å². The molecule has 1 amide bonds. The third kappa shape index (κ3) is 4.95. The molecule has 2 heterocycles. The number of hydrogen-bond donors (Lipinski definition) is 2. The summed E-state index contributed by atoms with van der Waals surface area (Å²) in [5, 5.41) is 17.4. The summed E-state index contributed by atoms with van der Waals surface area (Å²) in [6.45, 7) is 4.54. The van der Waals surface area contributed by atoms with Gasteiger partial charge in [0, 0.05) is 26.2 Å². The highest BCUT2D eigenvalue weighted by Gasteiger charge is 2.38. The molecule has 1 aromatic heterocycles. The summed E-state index contributed by atoms with van der Waals surface area (Å²) in [5.74, 6) is -0.248. The van der Waals surface area contributed by atoms with E-state index in [1.165, 1.54) is 4.68 Å². The zero-order chi connectivity index (χ0) is 19.4. The van der Waals surface area contributed by atoms with Gasteiger partial charge in [-0.25, -0.2) is 0 Å². The highest BCUT2D eigenvalue weighted by molar-refractivity contribution is 6.33. The number of carbonyl (C=O) groups is 1. The molecule has 1 saturated heterocycles. The molecule has 148 valence electrons. The number of likely N-dealkylation sites (N-methyl/N-ethyl adjacent to an activating group) is 1. The van der Waals surface area contributed by atoms with E-state index in [1.54, 1.807) is 14.0 Å². The van der Waals surface area contributed by atoms with E-state index in [0.717, 1.165) is 6.42 Å². The largest absolute Gasteiger partial charge is 0.371 e. The zero-order valence-corrected chi connectivity index (χ0v) is 16.8. The lowest BCUT2D eigenvalue weighted by atomic mass is 9.99. The molecular formula is C17H29ClN4O4. The number of ether oxygens (including phenoxy) is 2. The number of aliphatic hydroxyl groups is 1. The maximum atomic E-state index is 12.2. The van der Waals surface area contributed by atoms with E-state index < -0.39 is 12.4 Å². The Kier molecular flexibility index (Phi) is 7.42. The Morgan fingerprint density at radius 1 is 1.54 bits per heavy atom. The number of halogens is 1. The minimum atomic E-state index is -0.947. The van der Waals surface area contributed by atoms with Crippen LogP contribution in [0.15, 0.2) is 0 Å². The first kappa shape index (κ1) is 21.1. The summed E-state index contributed by atoms with van der Waals surface area (Å²) in [6.07, 6.45) is 0.0414. The second-order valence-electron chi connectivity index (χ2n) is 6.92. The third-order valence-corrected chi connectivity index (χ3v) is 5.00. The van der Waals surface area contributed by atoms with E-state index >= 15 is 0 Å². The highest BCUT2D eigenvalue weighted by atomic mass is 35.5. The summed E-state index contributed by atoms with van der Waals surface area (Å²) in [7, 11) is 5.62. The molecular weight excluding hydrogens is 360 g/mol. The molecule has 1 fully saturated rings. The molecule has 9 heteroatoms. The van der Waals surface area contributed by atoms with Crippen molar-refractivity contribution in [3.63, 3.8) is 0 Å². The van der Waals surface area contributed by atoms with Crippen LogP contribution in [0.5, 0.6) is 0 Å². The first-order chi connectivity index (χ1) is 12.2. The molecule has 1 aliphatic rings. The molecule has 0 bridgehead atoms. The molecule has 0 saturated carbocycles. The lowest BCUT2D eigenvalue weighted by Crippen LogP contribution is -2.54. The topological polar surface area (TPSA) is 88.9 Å². The zero-order valence-electron chi connectivity index (χ0n) is 16.0. The van der Waals surface area contributed by atoms with Crippen LogP contribution < -0.4 is 5.32 Å². The molecule has 26 heavy (non-hydrogen) atoms. The van der Waals surface area contributed by atoms with Crippen molar-refractivity contribution in [3.8, 4) is 0 Å². The monoisotopic (exact) mass is 388 g/mol. The number of aryl methyl sites for hydroxylation is 2. The quantitative estimate of drug-likeness (QED) is 0.676. The normalized spacial score (nSPS) is 26.3. The molecule has 2 rings (SSSR count). The van der Waals surface area contributed by atoms with Gasteiger partial charge >= 0.3 is 0 Å². The molecule has 8 nitrogen and oxygen atoms in total. The van der Waals surface area contributed by atoms with E-state index in [2.05, 4.69) is 10.4 Å². The van der Waals surface area contributed by atoms with E-state index in [1.807, 2.05) is 25.9 Å². The van der Waals surface area contributed by atoms with Crippen molar-refractivity contribution >= 4 is 17.5 Å². The van der Waals surface area contributed by atoms with Crippen molar-refractivity contribution in [2.75, 3.05) is 27.2 Å². The lowest BCUT2D eigenvalue weighted by Gasteiger charge is -2.41. The lowest BCUT2D eigenvalue weighted by molar-refractivity contribution is -0.243. The number of amides is 1. The molecule has 4 atom stereocenters. The van der Waals surface area contributed by atoms with Gasteiger partial charge in [-0.3, -0.25) is 9.48 Å². The molecule has 0 radical (unpaired) electrons. The molecule has 1 aliphatic heterocycles. The van der Waals surface area contributed by atoms with E-state index in [4.69, 9.17) is 21.1 Å². The van der Waals surface area contributed by atoms with E-state index in [9.17, 15) is 9.90 Å². The van der Waals surface area contributed by atoms with Crippen LogP contribution in [0.3, 0.4) is 0 Å². The Morgan fingerprint density at radius 2 is 2.23 bits per heavy atom. The number of carbonyl (C=O) groups excluding carboxylic acids is 1. The highest BCUT2D eigenvalue weighted by Crippen LogP contribution is 2.24. The van der Waals surface area contributed by atoms with Gasteiger partial charge in [0.15, 0.2) is 6.29 Å². The van der Waals surface area contributed by atoms with Crippen LogP contribution in [0.1, 0.15) is 35.8 Å². The average molecular weight is 389 g/mol. The molecule has 0 spiro atoms. The Morgan fingerprint density at radius 3 is 2.81 bits per heavy atom. The number of nitrogens with zero attached hydrogens (tertiary/aromatic N) is 3. The van der Waals surface area contributed by atoms with Crippen molar-refractivity contribution in [1.29, 1.82) is 0 Å². The van der Waals surface area contributed by atoms with E-state index in [-0.39, 0.29) is 18.1 Å². The minimum Gasteiger partial charge on any atom is -0.371 e. The van der Waals surface area contributed by atoms with Gasteiger partial charge in [0.2, 0.25) is 0 Å². The van der Waals surface area contributed by atoms with Crippen molar-refractivity contribution in [2.45, 2.75) is 51.2 Å². The van der Waals surface area contributed by atoms with E-state index in [0.29, 0.717) is 36.0 Å². The van der Waals surface area contributed by atoms with Gasteiger partial charge in [-0.1, -0.05) is 11.6 Å². The molecule has 2 N–H and O–H groups in total. The Balaban J connectivity index is 1.78. The predicted octanol–water partition coefficient (Wildman–Crippen LogP) is 0.944. The van der Waals surface area contributed by atoms with Gasteiger partial charge in [-0.05, 0) is 40.8 Å². The van der Waals surface area contributed by atoms with Gasteiger partial charge in [0.25, 0.3) is 5.91 Å². The standard InChI is InChI=1S/C17H29ClN4O4/c1-10-9-12(21(3)4)14(17(24)26-10)25-8-6-7-19-16(23)13-11(2)20-22(5)15(13)18/h10,12,14,17,24H,6-9H2,1-5H3,(H,19,23). The fourth-order valence-corrected chi connectivity index (χ4v) is 3.46. The summed E-state index contributed by atoms with van der Waals surface area (Å²) >= 11 is 6.09. The molecule has 4 unspecified atom stereocenters. The van der Waals surface area contributed by atoms with Crippen LogP contribution in [0, 0.1) is 6.92 Å². The minimum absolute atomic E-state index is 0.0102. The number of aliphatic hydroxyl groups excluding tert-OH is 1. The van der Waals surface area contributed by atoms with Crippen LogP contribution in [-0.4, -0.2) is 77.5 Å². The van der Waals surface area contributed by atoms with Crippen LogP contribution in [-0.2, 0) is 16.5 Å². The predicted molar refractivity (Wildman–Crippen MR) is 98.3 cm³/mol. The second kappa shape index (κ2) is 9.14. The molecule has 0 aromatic carbocycles. The number of hydrogen-bond acceptors (Lipinski definition) is 6. The number of aromatic nitrogens is 2. The Bertz CT molecular complexity index is 622. The maximum Gasteiger partial charge on any atom is 0.256 e. The smallest absolute Gasteiger partial charge is 0.256 e. The number of nitrogens with one attached hydrogen (secondary N) is 1. The summed E-state index contributed by atoms with van der Waals surface area (Å²) < 4.78 is 12.8. The number of rotatable bonds is 7. The van der Waals surface area contributed by atoms with Gasteiger partial charge in [-0.2, -0.15) is 5.10 Å². The van der Waals surface area contributed by atoms with Gasteiger partial charge < -0.3 is 24.8 Å². The third-order valence-electron chi connectivity index (χ3n) is 4.56. The van der Waals surface area contributed by atoms with Crippen LogP contribution in [0.25, 0.3) is 0 Å². The fourth-order valence-electron chi connectivity index (χ4n) is 3.20. The van der Waals surface area contributed by atoms with Crippen LogP contribution in [0.4, 0.5) is 0 Å². The maximum absolute atomic E-state index is 12.2. The first-order valence-corrected chi connectivity index (χ1v) is 9.19. The van der Waals surface area contributed by atoms with Gasteiger partial charge in [-0.15, -0.1) is 0 Å². The van der Waals surface area contributed by atoms with Crippen molar-refractivity contribution in [2.24, 2.45) is 7.05 Å². The van der Waals surface area contributed by atoms with Crippen LogP contribution >= 0.6 is 11.6 Å². The Labute approximate surface area is 159 Å². The van der Waals surface area contributed by atoms with Gasteiger partial charge in [0.05, 0.1) is 17.4 Å². The fraction of sp³-hybridized carbons (Fsp3) is 0.765. The second-order valence-corrected chi connectivity index (χ2v) is 7.28. The van der Waals surface area contributed by atoms with Crippen molar-refractivity contribution < 1.29 is 19.4 Å². The average Bonchev–Trinajstić information content (AvgIpc) is 2.80. The summed E-state index contributed by atoms with van der Waals surface area (Å²) in [6, 6.07) is 0.0835. The first-order valence-electron chi connectivity index (χ1n) is 8.81. The molecule has 1 aromatic rings. The van der Waals surface area contributed by atoms with Crippen molar-refractivity contribution in [1.82, 2.24) is 20.0 Å². The SMILES string of the molecule is Cc1nn(C)c(Cl)c1C(=O)NCCCOC1C(O)OC(C)CC1N(C)C. The summed E-state index contributed by atoms with van der Waals surface area (Å²) in [4.78, 5) is 14.3. The molecule has 0 aliphatic carbocycles.